The highest BCUT2D eigenvalue weighted by atomic mass is 16.5. The largest absolute Gasteiger partial charge is 0.497 e. The second-order valence-corrected chi connectivity index (χ2v) is 3.72. The van der Waals surface area contributed by atoms with Crippen molar-refractivity contribution >= 4 is 6.09 Å². The number of methoxy groups -OCH3 is 1. The van der Waals surface area contributed by atoms with Crippen molar-refractivity contribution < 1.29 is 14.3 Å². The lowest BCUT2D eigenvalue weighted by atomic mass is 10.2. The van der Waals surface area contributed by atoms with E-state index < -0.39 is 6.09 Å². The Morgan fingerprint density at radius 2 is 1.94 bits per heavy atom. The first-order valence-electron chi connectivity index (χ1n) is 5.18. The Kier molecular flexibility index (Phi) is 4.64. The zero-order valence-corrected chi connectivity index (χ0v) is 9.82. The molecule has 0 aromatic heterocycles. The molecule has 0 fully saturated rings. The van der Waals surface area contributed by atoms with Crippen LogP contribution in [0.2, 0.25) is 0 Å². The van der Waals surface area contributed by atoms with Gasteiger partial charge in [-0.25, -0.2) is 4.79 Å². The monoisotopic (exact) mass is 223 g/mol. The minimum Gasteiger partial charge on any atom is -0.497 e. The van der Waals surface area contributed by atoms with E-state index in [2.05, 4.69) is 5.32 Å². The maximum Gasteiger partial charge on any atom is 0.407 e. The molecule has 0 unspecified atom stereocenters. The van der Waals surface area contributed by atoms with Gasteiger partial charge in [0.1, 0.15) is 12.4 Å². The summed E-state index contributed by atoms with van der Waals surface area (Å²) in [7, 11) is 1.61. The smallest absolute Gasteiger partial charge is 0.407 e. The number of rotatable bonds is 4. The fraction of sp³-hybridized carbons (Fsp3) is 0.417. The highest BCUT2D eigenvalue weighted by Gasteiger charge is 2.03. The lowest BCUT2D eigenvalue weighted by molar-refractivity contribution is 0.137. The average Bonchev–Trinajstić information content (AvgIpc) is 2.26. The summed E-state index contributed by atoms with van der Waals surface area (Å²) < 4.78 is 10.0. The molecule has 1 amide bonds. The van der Waals surface area contributed by atoms with Crippen molar-refractivity contribution in [1.29, 1.82) is 0 Å². The standard InChI is InChI=1S/C12H17NO3/c1-9(2)13-12(14)16-8-10-4-6-11(15-3)7-5-10/h4-7,9H,8H2,1-3H3,(H,13,14). The van der Waals surface area contributed by atoms with Crippen LogP contribution in [0.25, 0.3) is 0 Å². The van der Waals surface area contributed by atoms with E-state index >= 15 is 0 Å². The van der Waals surface area contributed by atoms with Gasteiger partial charge >= 0.3 is 6.09 Å². The van der Waals surface area contributed by atoms with Crippen molar-refractivity contribution in [3.05, 3.63) is 29.8 Å². The molecule has 0 radical (unpaired) electrons. The number of nitrogens with one attached hydrogen (secondary N) is 1. The molecule has 0 spiro atoms. The number of carbonyl (C=O) groups is 1. The van der Waals surface area contributed by atoms with Crippen LogP contribution in [-0.2, 0) is 11.3 Å². The Bertz CT molecular complexity index is 333. The van der Waals surface area contributed by atoms with Gasteiger partial charge < -0.3 is 14.8 Å². The number of hydrogen-bond acceptors (Lipinski definition) is 3. The van der Waals surface area contributed by atoms with E-state index in [1.165, 1.54) is 0 Å². The molecular weight excluding hydrogens is 206 g/mol. The van der Waals surface area contributed by atoms with Crippen LogP contribution in [0.1, 0.15) is 19.4 Å². The first-order chi connectivity index (χ1) is 7.61. The number of ether oxygens (including phenoxy) is 2. The van der Waals surface area contributed by atoms with Crippen molar-refractivity contribution in [2.75, 3.05) is 7.11 Å². The van der Waals surface area contributed by atoms with Gasteiger partial charge in [0.2, 0.25) is 0 Å². The molecule has 0 aliphatic heterocycles. The number of amides is 1. The van der Waals surface area contributed by atoms with Crippen LogP contribution in [0.4, 0.5) is 4.79 Å². The minimum atomic E-state index is -0.397. The molecule has 1 aromatic carbocycles. The molecule has 4 heteroatoms. The minimum absolute atomic E-state index is 0.0865. The molecule has 0 aliphatic rings. The average molecular weight is 223 g/mol. The molecule has 1 N–H and O–H groups in total. The Balaban J connectivity index is 2.39. The van der Waals surface area contributed by atoms with Gasteiger partial charge in [0.05, 0.1) is 7.11 Å². The fourth-order valence-electron chi connectivity index (χ4n) is 1.15. The molecule has 0 saturated heterocycles. The Morgan fingerprint density at radius 3 is 2.44 bits per heavy atom. The zero-order valence-electron chi connectivity index (χ0n) is 9.82. The predicted octanol–water partition coefficient (Wildman–Crippen LogP) is 2.33. The molecule has 0 heterocycles. The molecule has 1 rings (SSSR count). The van der Waals surface area contributed by atoms with Crippen molar-refractivity contribution in [3.8, 4) is 5.75 Å². The van der Waals surface area contributed by atoms with E-state index in [0.717, 1.165) is 11.3 Å². The Hall–Kier alpha value is -1.71. The lowest BCUT2D eigenvalue weighted by Crippen LogP contribution is -2.30. The number of hydrogen-bond donors (Lipinski definition) is 1. The topological polar surface area (TPSA) is 47.6 Å². The van der Waals surface area contributed by atoms with Crippen molar-refractivity contribution in [1.82, 2.24) is 5.32 Å². The van der Waals surface area contributed by atoms with E-state index in [1.807, 2.05) is 38.1 Å². The van der Waals surface area contributed by atoms with Crippen LogP contribution in [0, 0.1) is 0 Å². The third-order valence-corrected chi connectivity index (χ3v) is 1.94. The highest BCUT2D eigenvalue weighted by Crippen LogP contribution is 2.11. The summed E-state index contributed by atoms with van der Waals surface area (Å²) in [5.41, 5.74) is 0.930. The summed E-state index contributed by atoms with van der Waals surface area (Å²) in [6.45, 7) is 4.03. The van der Waals surface area contributed by atoms with Crippen LogP contribution < -0.4 is 10.1 Å². The van der Waals surface area contributed by atoms with Crippen LogP contribution in [0.15, 0.2) is 24.3 Å². The summed E-state index contributed by atoms with van der Waals surface area (Å²) in [6.07, 6.45) is -0.397. The van der Waals surface area contributed by atoms with Gasteiger partial charge in [0.25, 0.3) is 0 Å². The van der Waals surface area contributed by atoms with Gasteiger partial charge in [-0.05, 0) is 31.5 Å². The van der Waals surface area contributed by atoms with E-state index in [4.69, 9.17) is 9.47 Å². The molecular formula is C12H17NO3. The molecule has 4 nitrogen and oxygen atoms in total. The quantitative estimate of drug-likeness (QED) is 0.852. The first kappa shape index (κ1) is 12.4. The van der Waals surface area contributed by atoms with Gasteiger partial charge in [0.15, 0.2) is 0 Å². The third kappa shape index (κ3) is 4.21. The van der Waals surface area contributed by atoms with Gasteiger partial charge in [0, 0.05) is 6.04 Å². The van der Waals surface area contributed by atoms with E-state index in [9.17, 15) is 4.79 Å². The Labute approximate surface area is 95.6 Å². The first-order valence-corrected chi connectivity index (χ1v) is 5.18. The van der Waals surface area contributed by atoms with E-state index in [0.29, 0.717) is 0 Å². The van der Waals surface area contributed by atoms with Crippen molar-refractivity contribution in [2.45, 2.75) is 26.5 Å². The molecule has 0 saturated carbocycles. The molecule has 0 atom stereocenters. The summed E-state index contributed by atoms with van der Waals surface area (Å²) in [5.74, 6) is 0.787. The van der Waals surface area contributed by atoms with Crippen LogP contribution in [0.5, 0.6) is 5.75 Å². The summed E-state index contributed by atoms with van der Waals surface area (Å²) in [5, 5.41) is 2.65. The normalized spacial score (nSPS) is 10.0. The van der Waals surface area contributed by atoms with Crippen LogP contribution >= 0.6 is 0 Å². The molecule has 0 bridgehead atoms. The summed E-state index contributed by atoms with van der Waals surface area (Å²) >= 11 is 0. The molecule has 16 heavy (non-hydrogen) atoms. The van der Waals surface area contributed by atoms with Crippen LogP contribution in [0.3, 0.4) is 0 Å². The van der Waals surface area contributed by atoms with E-state index in [-0.39, 0.29) is 12.6 Å². The van der Waals surface area contributed by atoms with E-state index in [1.54, 1.807) is 7.11 Å². The zero-order chi connectivity index (χ0) is 12.0. The Morgan fingerprint density at radius 1 is 1.31 bits per heavy atom. The fourth-order valence-corrected chi connectivity index (χ4v) is 1.15. The summed E-state index contributed by atoms with van der Waals surface area (Å²) in [4.78, 5) is 11.2. The molecule has 0 aliphatic carbocycles. The predicted molar refractivity (Wildman–Crippen MR) is 61.5 cm³/mol. The van der Waals surface area contributed by atoms with Crippen molar-refractivity contribution in [3.63, 3.8) is 0 Å². The second kappa shape index (κ2) is 6.00. The van der Waals surface area contributed by atoms with Gasteiger partial charge in [-0.1, -0.05) is 12.1 Å². The van der Waals surface area contributed by atoms with Crippen LogP contribution in [-0.4, -0.2) is 19.2 Å². The maximum atomic E-state index is 11.2. The second-order valence-electron chi connectivity index (χ2n) is 3.72. The number of alkyl carbamates (subject to hydrolysis) is 1. The van der Waals surface area contributed by atoms with Crippen molar-refractivity contribution in [2.24, 2.45) is 0 Å². The van der Waals surface area contributed by atoms with Gasteiger partial charge in [-0.3, -0.25) is 0 Å². The number of benzene rings is 1. The SMILES string of the molecule is COc1ccc(COC(=O)NC(C)C)cc1. The molecule has 1 aromatic rings. The molecule has 88 valence electrons. The maximum absolute atomic E-state index is 11.2. The highest BCUT2D eigenvalue weighted by molar-refractivity contribution is 5.67. The van der Waals surface area contributed by atoms with Gasteiger partial charge in [-0.15, -0.1) is 0 Å². The lowest BCUT2D eigenvalue weighted by Gasteiger charge is -2.09. The summed E-state index contributed by atoms with van der Waals surface area (Å²) in [6, 6.07) is 7.48. The number of carbonyl (C=O) groups excluding carboxylic acids is 1. The third-order valence-electron chi connectivity index (χ3n) is 1.94. The van der Waals surface area contributed by atoms with Gasteiger partial charge in [-0.2, -0.15) is 0 Å².